The average Bonchev–Trinajstić information content (AvgIpc) is 3.24. The van der Waals surface area contributed by atoms with Gasteiger partial charge in [-0.1, -0.05) is 18.2 Å². The van der Waals surface area contributed by atoms with Crippen molar-refractivity contribution in [1.82, 2.24) is 0 Å². The number of Topliss-reactive ketones (excluding diaryl/α,β-unsaturated/α-hetero) is 1. The van der Waals surface area contributed by atoms with Gasteiger partial charge in [0.25, 0.3) is 0 Å². The van der Waals surface area contributed by atoms with Crippen molar-refractivity contribution in [3.05, 3.63) is 64.2 Å². The molecule has 1 saturated carbocycles. The maximum atomic E-state index is 13.1. The molecule has 2 N–H and O–H groups in total. The van der Waals surface area contributed by atoms with Crippen LogP contribution < -0.4 is 5.73 Å². The fourth-order valence-corrected chi connectivity index (χ4v) is 3.04. The number of aryl methyl sites for hydroxylation is 3. The van der Waals surface area contributed by atoms with E-state index >= 15 is 0 Å². The molecule has 0 radical (unpaired) electrons. The zero-order valence-corrected chi connectivity index (χ0v) is 12.9. The van der Waals surface area contributed by atoms with Gasteiger partial charge in [-0.05, 0) is 74.1 Å². The van der Waals surface area contributed by atoms with E-state index in [2.05, 4.69) is 19.9 Å². The van der Waals surface area contributed by atoms with E-state index in [9.17, 15) is 4.79 Å². The lowest BCUT2D eigenvalue weighted by atomic mass is 9.85. The second-order valence-corrected chi connectivity index (χ2v) is 6.28. The van der Waals surface area contributed by atoms with Crippen molar-refractivity contribution in [2.45, 2.75) is 39.0 Å². The lowest BCUT2D eigenvalue weighted by molar-refractivity contribution is 0.0945. The van der Waals surface area contributed by atoms with Crippen LogP contribution in [-0.2, 0) is 5.41 Å². The van der Waals surface area contributed by atoms with Gasteiger partial charge in [0.15, 0.2) is 5.78 Å². The van der Waals surface area contributed by atoms with Crippen LogP contribution in [0.25, 0.3) is 0 Å². The lowest BCUT2D eigenvalue weighted by Crippen LogP contribution is -2.21. The minimum absolute atomic E-state index is 0.257. The van der Waals surface area contributed by atoms with Crippen molar-refractivity contribution in [1.29, 1.82) is 0 Å². The Kier molecular flexibility index (Phi) is 3.12. The molecule has 0 unspecified atom stereocenters. The second-order valence-electron chi connectivity index (χ2n) is 6.28. The number of hydrogen-bond donors (Lipinski definition) is 1. The molecule has 1 aliphatic rings. The van der Waals surface area contributed by atoms with Crippen LogP contribution in [0.4, 0.5) is 5.69 Å². The summed E-state index contributed by atoms with van der Waals surface area (Å²) in [6.45, 7) is 6.18. The number of anilines is 1. The number of hydrogen-bond acceptors (Lipinski definition) is 2. The normalized spacial score (nSPS) is 15.8. The molecule has 3 rings (SSSR count). The van der Waals surface area contributed by atoms with Gasteiger partial charge in [0.05, 0.1) is 5.41 Å². The van der Waals surface area contributed by atoms with Crippen LogP contribution >= 0.6 is 0 Å². The Morgan fingerprint density at radius 2 is 1.52 bits per heavy atom. The molecule has 21 heavy (non-hydrogen) atoms. The Morgan fingerprint density at radius 3 is 2.10 bits per heavy atom. The summed E-state index contributed by atoms with van der Waals surface area (Å²) in [7, 11) is 0. The summed E-state index contributed by atoms with van der Waals surface area (Å²) in [5, 5.41) is 0. The largest absolute Gasteiger partial charge is 0.399 e. The van der Waals surface area contributed by atoms with E-state index in [1.54, 1.807) is 0 Å². The number of ketones is 1. The molecular formula is C19H21NO. The summed E-state index contributed by atoms with van der Waals surface area (Å²) in [5.41, 5.74) is 11.6. The highest BCUT2D eigenvalue weighted by Gasteiger charge is 2.51. The molecule has 2 aromatic rings. The molecule has 0 saturated heterocycles. The molecule has 0 aromatic heterocycles. The predicted octanol–water partition coefficient (Wildman–Crippen LogP) is 4.11. The Balaban J connectivity index is 2.02. The van der Waals surface area contributed by atoms with E-state index in [1.807, 2.05) is 37.3 Å². The minimum atomic E-state index is -0.319. The molecular weight excluding hydrogens is 258 g/mol. The molecule has 108 valence electrons. The summed E-state index contributed by atoms with van der Waals surface area (Å²) < 4.78 is 0. The van der Waals surface area contributed by atoms with Crippen molar-refractivity contribution >= 4 is 11.5 Å². The maximum Gasteiger partial charge on any atom is 0.173 e. The quantitative estimate of drug-likeness (QED) is 0.678. The van der Waals surface area contributed by atoms with Crippen molar-refractivity contribution in [3.8, 4) is 0 Å². The third-order valence-corrected chi connectivity index (χ3v) is 4.73. The van der Waals surface area contributed by atoms with E-state index in [0.29, 0.717) is 0 Å². The first-order valence-electron chi connectivity index (χ1n) is 7.43. The van der Waals surface area contributed by atoms with Gasteiger partial charge in [0.1, 0.15) is 0 Å². The molecule has 2 aromatic carbocycles. The third-order valence-electron chi connectivity index (χ3n) is 4.73. The average molecular weight is 279 g/mol. The zero-order valence-electron chi connectivity index (χ0n) is 12.9. The number of rotatable bonds is 3. The van der Waals surface area contributed by atoms with Crippen LogP contribution in [-0.4, -0.2) is 5.78 Å². The van der Waals surface area contributed by atoms with E-state index < -0.39 is 0 Å². The van der Waals surface area contributed by atoms with E-state index in [-0.39, 0.29) is 11.2 Å². The number of benzene rings is 2. The smallest absolute Gasteiger partial charge is 0.173 e. The SMILES string of the molecule is Cc1cc(C)c(C(=O)C2(c3ccc(N)cc3)CC2)cc1C. The molecule has 1 fully saturated rings. The van der Waals surface area contributed by atoms with Crippen molar-refractivity contribution < 1.29 is 4.79 Å². The molecule has 0 spiro atoms. The van der Waals surface area contributed by atoms with Crippen LogP contribution in [0.1, 0.15) is 45.5 Å². The highest BCUT2D eigenvalue weighted by atomic mass is 16.1. The van der Waals surface area contributed by atoms with Gasteiger partial charge in [-0.25, -0.2) is 0 Å². The van der Waals surface area contributed by atoms with Gasteiger partial charge >= 0.3 is 0 Å². The Bertz CT molecular complexity index is 709. The topological polar surface area (TPSA) is 43.1 Å². The van der Waals surface area contributed by atoms with Crippen LogP contribution in [0.3, 0.4) is 0 Å². The van der Waals surface area contributed by atoms with Crippen LogP contribution in [0.2, 0.25) is 0 Å². The van der Waals surface area contributed by atoms with Crippen molar-refractivity contribution in [3.63, 3.8) is 0 Å². The van der Waals surface area contributed by atoms with Gasteiger partial charge in [-0.15, -0.1) is 0 Å². The van der Waals surface area contributed by atoms with Crippen LogP contribution in [0.5, 0.6) is 0 Å². The molecule has 0 bridgehead atoms. The first-order valence-corrected chi connectivity index (χ1v) is 7.43. The van der Waals surface area contributed by atoms with Crippen molar-refractivity contribution in [2.24, 2.45) is 0 Å². The number of carbonyl (C=O) groups excluding carboxylic acids is 1. The zero-order chi connectivity index (χ0) is 15.2. The third kappa shape index (κ3) is 2.25. The Morgan fingerprint density at radius 1 is 0.952 bits per heavy atom. The van der Waals surface area contributed by atoms with Gasteiger partial charge in [-0.3, -0.25) is 4.79 Å². The first-order chi connectivity index (χ1) is 9.94. The fourth-order valence-electron chi connectivity index (χ4n) is 3.04. The van der Waals surface area contributed by atoms with E-state index in [0.717, 1.165) is 35.2 Å². The minimum Gasteiger partial charge on any atom is -0.399 e. The summed E-state index contributed by atoms with van der Waals surface area (Å²) in [6, 6.07) is 11.9. The maximum absolute atomic E-state index is 13.1. The number of nitrogen functional groups attached to an aromatic ring is 1. The fraction of sp³-hybridized carbons (Fsp3) is 0.316. The van der Waals surface area contributed by atoms with E-state index in [1.165, 1.54) is 11.1 Å². The highest BCUT2D eigenvalue weighted by molar-refractivity contribution is 6.07. The Hall–Kier alpha value is -2.09. The molecule has 2 heteroatoms. The predicted molar refractivity (Wildman–Crippen MR) is 86.7 cm³/mol. The van der Waals surface area contributed by atoms with Crippen LogP contribution in [0.15, 0.2) is 36.4 Å². The molecule has 0 atom stereocenters. The number of nitrogens with two attached hydrogens (primary N) is 1. The molecule has 1 aliphatic carbocycles. The van der Waals surface area contributed by atoms with Gasteiger partial charge in [0, 0.05) is 11.3 Å². The molecule has 0 heterocycles. The standard InChI is InChI=1S/C19H21NO/c1-12-10-14(3)17(11-13(12)2)18(21)19(8-9-19)15-4-6-16(20)7-5-15/h4-7,10-11H,8-9,20H2,1-3H3. The highest BCUT2D eigenvalue weighted by Crippen LogP contribution is 2.51. The first kappa shape index (κ1) is 13.9. The lowest BCUT2D eigenvalue weighted by Gasteiger charge is -2.17. The van der Waals surface area contributed by atoms with Gasteiger partial charge < -0.3 is 5.73 Å². The van der Waals surface area contributed by atoms with E-state index in [4.69, 9.17) is 5.73 Å². The Labute approximate surface area is 126 Å². The molecule has 2 nitrogen and oxygen atoms in total. The second kappa shape index (κ2) is 4.73. The number of carbonyl (C=O) groups is 1. The molecule has 0 amide bonds. The summed E-state index contributed by atoms with van der Waals surface area (Å²) >= 11 is 0. The van der Waals surface area contributed by atoms with Crippen LogP contribution in [0, 0.1) is 20.8 Å². The molecule has 0 aliphatic heterocycles. The van der Waals surface area contributed by atoms with Gasteiger partial charge in [-0.2, -0.15) is 0 Å². The summed E-state index contributed by atoms with van der Waals surface area (Å²) in [6.07, 6.45) is 1.87. The summed E-state index contributed by atoms with van der Waals surface area (Å²) in [5.74, 6) is 0.257. The summed E-state index contributed by atoms with van der Waals surface area (Å²) in [4.78, 5) is 13.1. The van der Waals surface area contributed by atoms with Gasteiger partial charge in [0.2, 0.25) is 0 Å². The van der Waals surface area contributed by atoms with Crippen molar-refractivity contribution in [2.75, 3.05) is 5.73 Å². The monoisotopic (exact) mass is 279 g/mol.